The Hall–Kier alpha value is -1.09. The molecule has 0 bridgehead atoms. The third-order valence-electron chi connectivity index (χ3n) is 2.54. The van der Waals surface area contributed by atoms with Crippen LogP contribution < -0.4 is 0 Å². The van der Waals surface area contributed by atoms with Gasteiger partial charge in [0.05, 0.1) is 10.8 Å². The second-order valence-corrected chi connectivity index (χ2v) is 3.78. The molecule has 0 spiro atoms. The minimum atomic E-state index is -0.358. The molecule has 0 saturated heterocycles. The molecule has 14 heavy (non-hydrogen) atoms. The lowest BCUT2D eigenvalue weighted by Gasteiger charge is -2.05. The maximum atomic E-state index is 10.7. The van der Waals surface area contributed by atoms with Crippen LogP contribution in [-0.4, -0.2) is 4.92 Å². The van der Waals surface area contributed by atoms with Crippen LogP contribution in [0.3, 0.4) is 0 Å². The van der Waals surface area contributed by atoms with Crippen molar-refractivity contribution in [3.05, 3.63) is 39.4 Å². The topological polar surface area (TPSA) is 43.1 Å². The Kier molecular flexibility index (Phi) is 2.42. The number of hydrogen-bond donors (Lipinski definition) is 0. The Labute approximate surface area is 86.8 Å². The Morgan fingerprint density at radius 1 is 1.50 bits per heavy atom. The molecule has 1 aromatic carbocycles. The van der Waals surface area contributed by atoms with Crippen molar-refractivity contribution in [1.29, 1.82) is 0 Å². The fourth-order valence-corrected chi connectivity index (χ4v) is 1.98. The summed E-state index contributed by atoms with van der Waals surface area (Å²) in [5.41, 5.74) is 1.92. The molecule has 0 atom stereocenters. The highest BCUT2D eigenvalue weighted by Gasteiger charge is 2.29. The van der Waals surface area contributed by atoms with Gasteiger partial charge in [-0.3, -0.25) is 10.1 Å². The van der Waals surface area contributed by atoms with Gasteiger partial charge in [-0.05, 0) is 24.3 Å². The molecule has 1 aromatic rings. The quantitative estimate of drug-likeness (QED) is 0.438. The molecular formula is C10H10ClNO2. The monoisotopic (exact) mass is 211 g/mol. The van der Waals surface area contributed by atoms with Crippen LogP contribution in [0, 0.1) is 10.1 Å². The molecular weight excluding hydrogens is 202 g/mol. The van der Waals surface area contributed by atoms with Gasteiger partial charge in [0.15, 0.2) is 0 Å². The van der Waals surface area contributed by atoms with E-state index >= 15 is 0 Å². The van der Waals surface area contributed by atoms with Crippen molar-refractivity contribution in [3.8, 4) is 0 Å². The van der Waals surface area contributed by atoms with Crippen molar-refractivity contribution in [2.45, 2.75) is 24.6 Å². The van der Waals surface area contributed by atoms with E-state index in [1.807, 2.05) is 6.07 Å². The van der Waals surface area contributed by atoms with E-state index in [1.54, 1.807) is 6.07 Å². The summed E-state index contributed by atoms with van der Waals surface area (Å²) in [4.78, 5) is 10.4. The number of nitro groups is 1. The van der Waals surface area contributed by atoms with Crippen molar-refractivity contribution < 1.29 is 4.92 Å². The molecule has 1 aliphatic rings. The van der Waals surface area contributed by atoms with Gasteiger partial charge in [-0.1, -0.05) is 12.1 Å². The number of hydrogen-bond acceptors (Lipinski definition) is 2. The molecule has 0 aromatic heterocycles. The largest absolute Gasteiger partial charge is 0.274 e. The summed E-state index contributed by atoms with van der Waals surface area (Å²) in [6, 6.07) is 5.20. The smallest absolute Gasteiger partial charge is 0.258 e. The summed E-state index contributed by atoms with van der Waals surface area (Å²) in [6.45, 7) is 0. The maximum Gasteiger partial charge on any atom is 0.274 e. The zero-order chi connectivity index (χ0) is 10.1. The van der Waals surface area contributed by atoms with E-state index in [1.165, 1.54) is 6.07 Å². The van der Waals surface area contributed by atoms with Gasteiger partial charge in [0.2, 0.25) is 0 Å². The van der Waals surface area contributed by atoms with Crippen molar-refractivity contribution in [2.75, 3.05) is 0 Å². The molecule has 3 nitrogen and oxygen atoms in total. The molecule has 1 fully saturated rings. The first-order valence-corrected chi connectivity index (χ1v) is 5.09. The van der Waals surface area contributed by atoms with Gasteiger partial charge >= 0.3 is 0 Å². The van der Waals surface area contributed by atoms with Gasteiger partial charge in [-0.25, -0.2) is 0 Å². The molecule has 1 saturated carbocycles. The number of benzene rings is 1. The number of halogens is 1. The van der Waals surface area contributed by atoms with Crippen LogP contribution in [0.25, 0.3) is 0 Å². The summed E-state index contributed by atoms with van der Waals surface area (Å²) >= 11 is 5.75. The van der Waals surface area contributed by atoms with E-state index in [2.05, 4.69) is 0 Å². The van der Waals surface area contributed by atoms with Crippen molar-refractivity contribution in [3.63, 3.8) is 0 Å². The zero-order valence-corrected chi connectivity index (χ0v) is 8.33. The molecule has 0 aliphatic heterocycles. The Balaban J connectivity index is 2.49. The van der Waals surface area contributed by atoms with E-state index < -0.39 is 0 Å². The van der Waals surface area contributed by atoms with Gasteiger partial charge in [0, 0.05) is 11.6 Å². The number of nitrogens with zero attached hydrogens (tertiary/aromatic N) is 1. The first-order valence-electron chi connectivity index (χ1n) is 4.56. The predicted molar refractivity (Wildman–Crippen MR) is 54.6 cm³/mol. The molecule has 0 N–H and O–H groups in total. The second-order valence-electron chi connectivity index (χ2n) is 3.51. The van der Waals surface area contributed by atoms with Gasteiger partial charge < -0.3 is 0 Å². The average Bonchev–Trinajstić information content (AvgIpc) is 2.99. The van der Waals surface area contributed by atoms with Crippen LogP contribution in [0.4, 0.5) is 5.69 Å². The molecule has 1 aliphatic carbocycles. The van der Waals surface area contributed by atoms with Gasteiger partial charge in [-0.15, -0.1) is 11.6 Å². The fourth-order valence-electron chi connectivity index (χ4n) is 1.69. The number of nitro benzene ring substituents is 1. The Bertz CT molecular complexity index is 374. The van der Waals surface area contributed by atoms with Crippen molar-refractivity contribution in [1.82, 2.24) is 0 Å². The highest BCUT2D eigenvalue weighted by atomic mass is 35.5. The molecule has 0 heterocycles. The first kappa shape index (κ1) is 9.46. The first-order chi connectivity index (χ1) is 6.74. The van der Waals surface area contributed by atoms with Crippen LogP contribution in [0.15, 0.2) is 18.2 Å². The molecule has 0 radical (unpaired) electrons. The minimum Gasteiger partial charge on any atom is -0.258 e. The van der Waals surface area contributed by atoms with Crippen LogP contribution in [0.2, 0.25) is 0 Å². The van der Waals surface area contributed by atoms with Crippen LogP contribution in [0.1, 0.15) is 29.9 Å². The lowest BCUT2D eigenvalue weighted by molar-refractivity contribution is -0.385. The summed E-state index contributed by atoms with van der Waals surface area (Å²) in [7, 11) is 0. The second kappa shape index (κ2) is 3.58. The van der Waals surface area contributed by atoms with Crippen LogP contribution in [0.5, 0.6) is 0 Å². The summed E-state index contributed by atoms with van der Waals surface area (Å²) < 4.78 is 0. The third kappa shape index (κ3) is 1.60. The van der Waals surface area contributed by atoms with E-state index in [0.29, 0.717) is 11.5 Å². The maximum absolute atomic E-state index is 10.7. The lowest BCUT2D eigenvalue weighted by Crippen LogP contribution is -1.97. The Morgan fingerprint density at radius 2 is 2.21 bits per heavy atom. The molecule has 2 rings (SSSR count). The average molecular weight is 212 g/mol. The highest BCUT2D eigenvalue weighted by molar-refractivity contribution is 6.17. The SMILES string of the molecule is O=[N+]([O-])c1cccc(C2CC2)c1CCl. The summed E-state index contributed by atoms with van der Waals surface area (Å²) in [5, 5.41) is 10.7. The number of rotatable bonds is 3. The minimum absolute atomic E-state index is 0.157. The van der Waals surface area contributed by atoms with E-state index in [-0.39, 0.29) is 16.5 Å². The van der Waals surface area contributed by atoms with Gasteiger partial charge in [0.1, 0.15) is 0 Å². The standard InChI is InChI=1S/C10H10ClNO2/c11-6-9-8(7-4-5-7)2-1-3-10(9)12(13)14/h1-3,7H,4-6H2. The summed E-state index contributed by atoms with van der Waals surface area (Å²) in [6.07, 6.45) is 2.26. The van der Waals surface area contributed by atoms with Gasteiger partial charge in [-0.2, -0.15) is 0 Å². The van der Waals surface area contributed by atoms with Crippen LogP contribution in [-0.2, 0) is 5.88 Å². The Morgan fingerprint density at radius 3 is 2.71 bits per heavy atom. The van der Waals surface area contributed by atoms with Crippen molar-refractivity contribution in [2.24, 2.45) is 0 Å². The van der Waals surface area contributed by atoms with E-state index in [4.69, 9.17) is 11.6 Å². The molecule has 0 unspecified atom stereocenters. The third-order valence-corrected chi connectivity index (χ3v) is 2.80. The highest BCUT2D eigenvalue weighted by Crippen LogP contribution is 2.43. The fraction of sp³-hybridized carbons (Fsp3) is 0.400. The normalized spacial score (nSPS) is 15.5. The van der Waals surface area contributed by atoms with E-state index in [9.17, 15) is 10.1 Å². The summed E-state index contributed by atoms with van der Waals surface area (Å²) in [5.74, 6) is 0.729. The predicted octanol–water partition coefficient (Wildman–Crippen LogP) is 3.21. The molecule has 74 valence electrons. The number of alkyl halides is 1. The van der Waals surface area contributed by atoms with Crippen LogP contribution >= 0.6 is 11.6 Å². The lowest BCUT2D eigenvalue weighted by atomic mass is 10.0. The molecule has 4 heteroatoms. The van der Waals surface area contributed by atoms with Gasteiger partial charge in [0.25, 0.3) is 5.69 Å². The van der Waals surface area contributed by atoms with Crippen molar-refractivity contribution >= 4 is 17.3 Å². The van der Waals surface area contributed by atoms with E-state index in [0.717, 1.165) is 18.4 Å². The molecule has 0 amide bonds. The zero-order valence-electron chi connectivity index (χ0n) is 7.57.